The molecule has 2 N–H and O–H groups in total. The molecule has 13 heavy (non-hydrogen) atoms. The molecule has 0 aromatic carbocycles. The zero-order valence-electron chi connectivity index (χ0n) is 7.04. The standard InChI is InChI=1S/C8H9ClN2O2/c1-2-7(13)11-8-6(12)3-5(9)4-10-8/h3-4,12H,2H2,1H3,(H,10,11,13). The van der Waals surface area contributed by atoms with Crippen molar-refractivity contribution in [2.75, 3.05) is 5.32 Å². The Morgan fingerprint density at radius 2 is 2.46 bits per heavy atom. The second kappa shape index (κ2) is 4.09. The number of nitrogens with zero attached hydrogens (tertiary/aromatic N) is 1. The summed E-state index contributed by atoms with van der Waals surface area (Å²) in [6.07, 6.45) is 1.69. The van der Waals surface area contributed by atoms with Gasteiger partial charge in [-0.3, -0.25) is 4.79 Å². The predicted octanol–water partition coefficient (Wildman–Crippen LogP) is 1.79. The van der Waals surface area contributed by atoms with Gasteiger partial charge in [0.2, 0.25) is 5.91 Å². The van der Waals surface area contributed by atoms with E-state index < -0.39 is 0 Å². The Labute approximate surface area is 80.6 Å². The van der Waals surface area contributed by atoms with E-state index in [1.54, 1.807) is 6.92 Å². The van der Waals surface area contributed by atoms with Gasteiger partial charge in [0.25, 0.3) is 0 Å². The van der Waals surface area contributed by atoms with Gasteiger partial charge in [-0.2, -0.15) is 0 Å². The van der Waals surface area contributed by atoms with Gasteiger partial charge < -0.3 is 10.4 Å². The summed E-state index contributed by atoms with van der Waals surface area (Å²) in [6.45, 7) is 1.71. The molecule has 1 aromatic rings. The monoisotopic (exact) mass is 200 g/mol. The van der Waals surface area contributed by atoms with Crippen LogP contribution in [0, 0.1) is 0 Å². The van der Waals surface area contributed by atoms with Crippen molar-refractivity contribution < 1.29 is 9.90 Å². The van der Waals surface area contributed by atoms with Crippen LogP contribution in [-0.2, 0) is 4.79 Å². The molecule has 0 fully saturated rings. The molecular weight excluding hydrogens is 192 g/mol. The Morgan fingerprint density at radius 3 is 3.00 bits per heavy atom. The van der Waals surface area contributed by atoms with E-state index in [0.29, 0.717) is 11.4 Å². The third kappa shape index (κ3) is 2.59. The summed E-state index contributed by atoms with van der Waals surface area (Å²) in [4.78, 5) is 14.7. The first kappa shape index (κ1) is 9.80. The van der Waals surface area contributed by atoms with Gasteiger partial charge in [0.05, 0.1) is 5.02 Å². The molecule has 0 aliphatic heterocycles. The number of nitrogens with one attached hydrogen (secondary N) is 1. The summed E-state index contributed by atoms with van der Waals surface area (Å²) in [7, 11) is 0. The lowest BCUT2D eigenvalue weighted by molar-refractivity contribution is -0.115. The number of aromatic nitrogens is 1. The third-order valence-corrected chi connectivity index (χ3v) is 1.62. The van der Waals surface area contributed by atoms with Crippen molar-refractivity contribution in [3.8, 4) is 5.75 Å². The van der Waals surface area contributed by atoms with E-state index in [9.17, 15) is 9.90 Å². The lowest BCUT2D eigenvalue weighted by atomic mass is 10.4. The minimum absolute atomic E-state index is 0.130. The Kier molecular flexibility index (Phi) is 3.08. The van der Waals surface area contributed by atoms with Crippen LogP contribution in [-0.4, -0.2) is 16.0 Å². The average molecular weight is 201 g/mol. The lowest BCUT2D eigenvalue weighted by Crippen LogP contribution is -2.10. The van der Waals surface area contributed by atoms with Crippen molar-refractivity contribution in [2.45, 2.75) is 13.3 Å². The van der Waals surface area contributed by atoms with Gasteiger partial charge in [0.1, 0.15) is 0 Å². The molecule has 0 atom stereocenters. The highest BCUT2D eigenvalue weighted by atomic mass is 35.5. The fraction of sp³-hybridized carbons (Fsp3) is 0.250. The highest BCUT2D eigenvalue weighted by Crippen LogP contribution is 2.23. The molecule has 70 valence electrons. The molecule has 1 heterocycles. The number of rotatable bonds is 2. The van der Waals surface area contributed by atoms with Crippen molar-refractivity contribution in [1.82, 2.24) is 4.98 Å². The van der Waals surface area contributed by atoms with Crippen LogP contribution in [0.5, 0.6) is 5.75 Å². The molecule has 0 spiro atoms. The van der Waals surface area contributed by atoms with E-state index in [1.165, 1.54) is 12.3 Å². The first-order valence-corrected chi connectivity index (χ1v) is 4.15. The number of pyridine rings is 1. The molecule has 4 nitrogen and oxygen atoms in total. The molecule has 0 aliphatic rings. The van der Waals surface area contributed by atoms with E-state index in [1.807, 2.05) is 0 Å². The second-order valence-corrected chi connectivity index (χ2v) is 2.86. The normalized spacial score (nSPS) is 9.69. The van der Waals surface area contributed by atoms with Crippen molar-refractivity contribution >= 4 is 23.3 Å². The number of hydrogen-bond donors (Lipinski definition) is 2. The van der Waals surface area contributed by atoms with Crippen LogP contribution < -0.4 is 5.32 Å². The Hall–Kier alpha value is -1.29. The van der Waals surface area contributed by atoms with Crippen LogP contribution in [0.15, 0.2) is 12.3 Å². The van der Waals surface area contributed by atoms with E-state index in [-0.39, 0.29) is 17.5 Å². The summed E-state index contributed by atoms with van der Waals surface area (Å²) >= 11 is 5.55. The molecule has 0 unspecified atom stereocenters. The van der Waals surface area contributed by atoms with E-state index in [2.05, 4.69) is 10.3 Å². The smallest absolute Gasteiger partial charge is 0.225 e. The van der Waals surface area contributed by atoms with Crippen LogP contribution in [0.3, 0.4) is 0 Å². The highest BCUT2D eigenvalue weighted by Gasteiger charge is 2.05. The number of hydrogen-bond acceptors (Lipinski definition) is 3. The SMILES string of the molecule is CCC(=O)Nc1ncc(Cl)cc1O. The van der Waals surface area contributed by atoms with Crippen LogP contribution in [0.25, 0.3) is 0 Å². The minimum atomic E-state index is -0.204. The van der Waals surface area contributed by atoms with Crippen molar-refractivity contribution in [3.63, 3.8) is 0 Å². The fourth-order valence-corrected chi connectivity index (χ4v) is 0.897. The van der Waals surface area contributed by atoms with Crippen molar-refractivity contribution in [1.29, 1.82) is 0 Å². The molecule has 1 rings (SSSR count). The zero-order chi connectivity index (χ0) is 9.84. The van der Waals surface area contributed by atoms with Crippen LogP contribution in [0.1, 0.15) is 13.3 Å². The number of anilines is 1. The van der Waals surface area contributed by atoms with Gasteiger partial charge in [0, 0.05) is 18.7 Å². The number of amides is 1. The molecule has 0 saturated heterocycles. The van der Waals surface area contributed by atoms with Crippen LogP contribution in [0.4, 0.5) is 5.82 Å². The summed E-state index contributed by atoms with van der Waals surface area (Å²) in [5.74, 6) is -0.198. The zero-order valence-corrected chi connectivity index (χ0v) is 7.80. The largest absolute Gasteiger partial charge is 0.504 e. The Bertz CT molecular complexity index is 328. The number of halogens is 1. The van der Waals surface area contributed by atoms with Crippen LogP contribution in [0.2, 0.25) is 5.02 Å². The average Bonchev–Trinajstić information content (AvgIpc) is 2.09. The van der Waals surface area contributed by atoms with E-state index >= 15 is 0 Å². The molecule has 0 radical (unpaired) electrons. The summed E-state index contributed by atoms with van der Waals surface area (Å²) in [6, 6.07) is 1.32. The van der Waals surface area contributed by atoms with Crippen LogP contribution >= 0.6 is 11.6 Å². The first-order valence-electron chi connectivity index (χ1n) is 3.78. The third-order valence-electron chi connectivity index (χ3n) is 1.41. The number of carbonyl (C=O) groups is 1. The highest BCUT2D eigenvalue weighted by molar-refractivity contribution is 6.30. The summed E-state index contributed by atoms with van der Waals surface area (Å²) in [5.41, 5.74) is 0. The predicted molar refractivity (Wildman–Crippen MR) is 49.8 cm³/mol. The maximum Gasteiger partial charge on any atom is 0.225 e. The fourth-order valence-electron chi connectivity index (χ4n) is 0.745. The van der Waals surface area contributed by atoms with Gasteiger partial charge >= 0.3 is 0 Å². The van der Waals surface area contributed by atoms with Gasteiger partial charge in [0.15, 0.2) is 11.6 Å². The van der Waals surface area contributed by atoms with E-state index in [0.717, 1.165) is 0 Å². The van der Waals surface area contributed by atoms with Gasteiger partial charge in [-0.15, -0.1) is 0 Å². The summed E-state index contributed by atoms with van der Waals surface area (Å²) < 4.78 is 0. The van der Waals surface area contributed by atoms with Gasteiger partial charge in [-0.1, -0.05) is 18.5 Å². The topological polar surface area (TPSA) is 62.2 Å². The second-order valence-electron chi connectivity index (χ2n) is 2.42. The molecule has 5 heteroatoms. The summed E-state index contributed by atoms with van der Waals surface area (Å²) in [5, 5.41) is 12.0. The Morgan fingerprint density at radius 1 is 1.77 bits per heavy atom. The molecule has 1 aromatic heterocycles. The number of carbonyl (C=O) groups excluding carboxylic acids is 1. The maximum atomic E-state index is 10.9. The minimum Gasteiger partial charge on any atom is -0.504 e. The first-order chi connectivity index (χ1) is 6.13. The van der Waals surface area contributed by atoms with Crippen molar-refractivity contribution in [3.05, 3.63) is 17.3 Å². The molecular formula is C8H9ClN2O2. The van der Waals surface area contributed by atoms with E-state index in [4.69, 9.17) is 11.6 Å². The molecule has 0 aliphatic carbocycles. The molecule has 0 saturated carbocycles. The molecule has 1 amide bonds. The van der Waals surface area contributed by atoms with Gasteiger partial charge in [-0.05, 0) is 0 Å². The van der Waals surface area contributed by atoms with Crippen molar-refractivity contribution in [2.24, 2.45) is 0 Å². The number of aromatic hydroxyl groups is 1. The maximum absolute atomic E-state index is 10.9. The Balaban J connectivity index is 2.83. The lowest BCUT2D eigenvalue weighted by Gasteiger charge is -2.04. The quantitative estimate of drug-likeness (QED) is 0.765. The molecule has 0 bridgehead atoms. The van der Waals surface area contributed by atoms with Gasteiger partial charge in [-0.25, -0.2) is 4.98 Å².